The highest BCUT2D eigenvalue weighted by atomic mass is 79.9. The second kappa shape index (κ2) is 11.7. The van der Waals surface area contributed by atoms with Gasteiger partial charge in [0.25, 0.3) is 0 Å². The fourth-order valence-electron chi connectivity index (χ4n) is 8.09. The van der Waals surface area contributed by atoms with E-state index in [9.17, 15) is 34.5 Å². The number of likely N-dealkylation sites (tertiary alicyclic amines) is 2. The molecular formula is C36H33BrN2O7. The van der Waals surface area contributed by atoms with Gasteiger partial charge in [0, 0.05) is 29.0 Å². The first-order chi connectivity index (χ1) is 22.1. The standard InChI is InChI=1S/C36H33BrN2O7/c37-21-5-12-29(42)27(17-21)30-24-10-11-25-31(35(45)38(33(25)43)15-13-19-1-6-22(40)7-2-19)26(24)18-28-32(30)36(46)39(34(28)44)16-14-20-3-8-23(41)9-4-20/h1-10,12,17,25-26,28,30-32,40-42H,11,13-16,18H2. The van der Waals surface area contributed by atoms with Gasteiger partial charge in [-0.15, -0.1) is 0 Å². The molecule has 3 aromatic rings. The molecule has 46 heavy (non-hydrogen) atoms. The minimum atomic E-state index is -0.746. The third-order valence-corrected chi connectivity index (χ3v) is 10.8. The zero-order valence-corrected chi connectivity index (χ0v) is 26.5. The second-order valence-electron chi connectivity index (χ2n) is 12.7. The van der Waals surface area contributed by atoms with E-state index in [0.717, 1.165) is 16.7 Å². The van der Waals surface area contributed by atoms with E-state index in [1.54, 1.807) is 66.7 Å². The molecule has 4 amide bonds. The van der Waals surface area contributed by atoms with Gasteiger partial charge < -0.3 is 15.3 Å². The number of fused-ring (bicyclic) bond motifs is 4. The molecule has 0 aromatic heterocycles. The Morgan fingerprint density at radius 2 is 1.20 bits per heavy atom. The van der Waals surface area contributed by atoms with E-state index >= 15 is 0 Å². The lowest BCUT2D eigenvalue weighted by Gasteiger charge is -2.44. The summed E-state index contributed by atoms with van der Waals surface area (Å²) in [5.41, 5.74) is 3.11. The number of hydrogen-bond donors (Lipinski definition) is 3. The molecular weight excluding hydrogens is 652 g/mol. The summed E-state index contributed by atoms with van der Waals surface area (Å²) < 4.78 is 0.710. The molecule has 4 aliphatic rings. The van der Waals surface area contributed by atoms with E-state index in [-0.39, 0.29) is 60.4 Å². The predicted octanol–water partition coefficient (Wildman–Crippen LogP) is 4.69. The number of phenolic OH excluding ortho intramolecular Hbond substituents is 3. The largest absolute Gasteiger partial charge is 0.508 e. The topological polar surface area (TPSA) is 135 Å². The molecule has 2 aliphatic carbocycles. The van der Waals surface area contributed by atoms with Gasteiger partial charge in [-0.3, -0.25) is 29.0 Å². The SMILES string of the molecule is O=C1C2CC=C3C(CC4C(=O)N(CCc5ccc(O)cc5)C(=O)C4C3c3cc(Br)ccc3O)C2C(=O)N1CCc1ccc(O)cc1. The maximum Gasteiger partial charge on any atom is 0.234 e. The van der Waals surface area contributed by atoms with Gasteiger partial charge >= 0.3 is 0 Å². The number of phenols is 3. The Balaban J connectivity index is 1.21. The zero-order valence-electron chi connectivity index (χ0n) is 24.9. The lowest BCUT2D eigenvalue weighted by molar-refractivity contribution is -0.142. The van der Waals surface area contributed by atoms with E-state index in [2.05, 4.69) is 15.9 Å². The van der Waals surface area contributed by atoms with Crippen LogP contribution in [0.1, 0.15) is 35.4 Å². The van der Waals surface area contributed by atoms with Crippen LogP contribution in [0.15, 0.2) is 82.9 Å². The van der Waals surface area contributed by atoms with E-state index in [1.807, 2.05) is 6.08 Å². The van der Waals surface area contributed by atoms with Gasteiger partial charge in [0.2, 0.25) is 23.6 Å². The molecule has 3 N–H and O–H groups in total. The van der Waals surface area contributed by atoms with Gasteiger partial charge in [-0.25, -0.2) is 0 Å². The molecule has 7 rings (SSSR count). The Morgan fingerprint density at radius 1 is 0.652 bits per heavy atom. The molecule has 1 saturated carbocycles. The molecule has 236 valence electrons. The van der Waals surface area contributed by atoms with Crippen LogP contribution in [0.25, 0.3) is 0 Å². The van der Waals surface area contributed by atoms with Gasteiger partial charge in [0.15, 0.2) is 0 Å². The van der Waals surface area contributed by atoms with Crippen molar-refractivity contribution in [2.24, 2.45) is 29.6 Å². The number of carbonyl (C=O) groups excluding carboxylic acids is 4. The molecule has 0 spiro atoms. The van der Waals surface area contributed by atoms with Crippen molar-refractivity contribution < 1.29 is 34.5 Å². The molecule has 6 unspecified atom stereocenters. The fraction of sp³-hybridized carbons (Fsp3) is 0.333. The summed E-state index contributed by atoms with van der Waals surface area (Å²) in [5, 5.41) is 30.3. The number of aromatic hydroxyl groups is 3. The second-order valence-corrected chi connectivity index (χ2v) is 13.6. The van der Waals surface area contributed by atoms with Gasteiger partial charge in [-0.05, 0) is 85.2 Å². The van der Waals surface area contributed by atoms with Crippen LogP contribution in [0.3, 0.4) is 0 Å². The zero-order chi connectivity index (χ0) is 32.3. The number of imide groups is 2. The van der Waals surface area contributed by atoms with Crippen LogP contribution >= 0.6 is 15.9 Å². The van der Waals surface area contributed by atoms with Crippen molar-refractivity contribution in [1.29, 1.82) is 0 Å². The Bertz CT molecular complexity index is 1770. The first-order valence-corrected chi connectivity index (χ1v) is 16.4. The molecule has 3 aromatic carbocycles. The van der Waals surface area contributed by atoms with Crippen molar-refractivity contribution in [3.8, 4) is 17.2 Å². The van der Waals surface area contributed by atoms with Gasteiger partial charge in [-0.2, -0.15) is 0 Å². The highest BCUT2D eigenvalue weighted by molar-refractivity contribution is 9.10. The van der Waals surface area contributed by atoms with Crippen molar-refractivity contribution in [3.05, 3.63) is 99.5 Å². The highest BCUT2D eigenvalue weighted by Gasteiger charge is 2.62. The summed E-state index contributed by atoms with van der Waals surface area (Å²) in [6, 6.07) is 18.4. The number of hydrogen-bond acceptors (Lipinski definition) is 7. The van der Waals surface area contributed by atoms with E-state index in [1.165, 1.54) is 9.80 Å². The average Bonchev–Trinajstić information content (AvgIpc) is 3.44. The van der Waals surface area contributed by atoms with Crippen LogP contribution in [-0.2, 0) is 32.0 Å². The molecule has 2 heterocycles. The maximum absolute atomic E-state index is 14.1. The first kappa shape index (κ1) is 30.2. The fourth-order valence-corrected chi connectivity index (χ4v) is 8.47. The van der Waals surface area contributed by atoms with E-state index < -0.39 is 35.5 Å². The lowest BCUT2D eigenvalue weighted by atomic mass is 9.57. The molecule has 6 atom stereocenters. The summed E-state index contributed by atoms with van der Waals surface area (Å²) in [7, 11) is 0. The summed E-state index contributed by atoms with van der Waals surface area (Å²) in [6.07, 6.45) is 3.45. The Kier molecular flexibility index (Phi) is 7.71. The molecule has 0 radical (unpaired) electrons. The molecule has 9 nitrogen and oxygen atoms in total. The molecule has 10 heteroatoms. The summed E-state index contributed by atoms with van der Waals surface area (Å²) in [5.74, 6) is -4.53. The molecule has 3 fully saturated rings. The number of halogens is 1. The van der Waals surface area contributed by atoms with Gasteiger partial charge in [0.1, 0.15) is 17.2 Å². The smallest absolute Gasteiger partial charge is 0.234 e. The summed E-state index contributed by atoms with van der Waals surface area (Å²) in [4.78, 5) is 58.4. The normalized spacial score (nSPS) is 27.0. The van der Waals surface area contributed by atoms with Crippen molar-refractivity contribution in [2.75, 3.05) is 13.1 Å². The Labute approximate surface area is 274 Å². The third-order valence-electron chi connectivity index (χ3n) is 10.3. The van der Waals surface area contributed by atoms with Gasteiger partial charge in [0.05, 0.1) is 23.7 Å². The number of allylic oxidation sites excluding steroid dienone is 2. The molecule has 2 saturated heterocycles. The van der Waals surface area contributed by atoms with Crippen LogP contribution in [0.5, 0.6) is 17.2 Å². The van der Waals surface area contributed by atoms with Crippen molar-refractivity contribution in [2.45, 2.75) is 31.6 Å². The molecule has 0 bridgehead atoms. The van der Waals surface area contributed by atoms with E-state index in [4.69, 9.17) is 0 Å². The Hall–Kier alpha value is -4.44. The Morgan fingerprint density at radius 3 is 1.78 bits per heavy atom. The average molecular weight is 686 g/mol. The van der Waals surface area contributed by atoms with Crippen LogP contribution in [-0.4, -0.2) is 61.8 Å². The van der Waals surface area contributed by atoms with E-state index in [0.29, 0.717) is 29.3 Å². The number of carbonyl (C=O) groups is 4. The van der Waals surface area contributed by atoms with Crippen molar-refractivity contribution >= 4 is 39.6 Å². The van der Waals surface area contributed by atoms with Crippen LogP contribution < -0.4 is 0 Å². The van der Waals surface area contributed by atoms with Crippen LogP contribution in [0.4, 0.5) is 0 Å². The van der Waals surface area contributed by atoms with Crippen LogP contribution in [0, 0.1) is 29.6 Å². The quantitative estimate of drug-likeness (QED) is 0.243. The minimum absolute atomic E-state index is 0.00256. The number of rotatable bonds is 7. The first-order valence-electron chi connectivity index (χ1n) is 15.6. The monoisotopic (exact) mass is 684 g/mol. The number of benzene rings is 3. The summed E-state index contributed by atoms with van der Waals surface area (Å²) >= 11 is 3.50. The van der Waals surface area contributed by atoms with Crippen molar-refractivity contribution in [3.63, 3.8) is 0 Å². The summed E-state index contributed by atoms with van der Waals surface area (Å²) in [6.45, 7) is 0.382. The third kappa shape index (κ3) is 5.08. The van der Waals surface area contributed by atoms with Crippen LogP contribution in [0.2, 0.25) is 0 Å². The van der Waals surface area contributed by atoms with Crippen molar-refractivity contribution in [1.82, 2.24) is 9.80 Å². The predicted molar refractivity (Wildman–Crippen MR) is 170 cm³/mol. The minimum Gasteiger partial charge on any atom is -0.508 e. The number of amides is 4. The van der Waals surface area contributed by atoms with Gasteiger partial charge in [-0.1, -0.05) is 51.8 Å². The number of nitrogens with zero attached hydrogens (tertiary/aromatic N) is 2. The molecule has 2 aliphatic heterocycles. The maximum atomic E-state index is 14.1. The lowest BCUT2D eigenvalue weighted by Crippen LogP contribution is -2.43. The highest BCUT2D eigenvalue weighted by Crippen LogP contribution is 2.59.